The van der Waals surface area contributed by atoms with Gasteiger partial charge < -0.3 is 20.4 Å². The van der Waals surface area contributed by atoms with Gasteiger partial charge in [0.15, 0.2) is 17.6 Å². The fraction of sp³-hybridized carbons (Fsp3) is 0.250. The van der Waals surface area contributed by atoms with Crippen molar-refractivity contribution < 1.29 is 33.6 Å². The van der Waals surface area contributed by atoms with Crippen molar-refractivity contribution in [2.75, 3.05) is 0 Å². The van der Waals surface area contributed by atoms with Crippen LogP contribution < -0.4 is 0 Å². The molecule has 4 nitrogen and oxygen atoms in total. The van der Waals surface area contributed by atoms with Crippen LogP contribution in [0.15, 0.2) is 12.1 Å². The van der Waals surface area contributed by atoms with Crippen LogP contribution in [0.3, 0.4) is 0 Å². The first kappa shape index (κ1) is 11.4. The molecule has 0 heterocycles. The van der Waals surface area contributed by atoms with Crippen molar-refractivity contribution in [1.29, 1.82) is 0 Å². The Morgan fingerprint density at radius 3 is 2.00 bits per heavy atom. The molecule has 0 unspecified atom stereocenters. The van der Waals surface area contributed by atoms with E-state index >= 15 is 0 Å². The Morgan fingerprint density at radius 2 is 1.53 bits per heavy atom. The zero-order valence-electron chi connectivity index (χ0n) is 7.15. The first-order chi connectivity index (χ1) is 6.75. The van der Waals surface area contributed by atoms with Crippen LogP contribution >= 0.6 is 0 Å². The number of phenols is 3. The molecule has 1 rings (SSSR count). The lowest BCUT2D eigenvalue weighted by atomic mass is 10.1. The van der Waals surface area contributed by atoms with Crippen LogP contribution in [0.1, 0.15) is 11.7 Å². The minimum absolute atomic E-state index is 0.669. The molecule has 0 saturated heterocycles. The predicted molar refractivity (Wildman–Crippen MR) is 42.5 cm³/mol. The average Bonchev–Trinajstić information content (AvgIpc) is 2.12. The van der Waals surface area contributed by atoms with E-state index in [0.29, 0.717) is 6.07 Å². The molecule has 0 saturated carbocycles. The van der Waals surface area contributed by atoms with Gasteiger partial charge in [-0.2, -0.15) is 13.2 Å². The summed E-state index contributed by atoms with van der Waals surface area (Å²) in [7, 11) is 0. The highest BCUT2D eigenvalue weighted by molar-refractivity contribution is 5.53. The van der Waals surface area contributed by atoms with Gasteiger partial charge in [0.1, 0.15) is 0 Å². The Kier molecular flexibility index (Phi) is 2.67. The summed E-state index contributed by atoms with van der Waals surface area (Å²) in [5.41, 5.74) is -0.919. The van der Waals surface area contributed by atoms with E-state index in [2.05, 4.69) is 0 Å². The zero-order chi connectivity index (χ0) is 11.8. The van der Waals surface area contributed by atoms with Gasteiger partial charge in [0.05, 0.1) is 0 Å². The van der Waals surface area contributed by atoms with E-state index in [1.54, 1.807) is 0 Å². The highest BCUT2D eigenvalue weighted by atomic mass is 19.4. The smallest absolute Gasteiger partial charge is 0.418 e. The van der Waals surface area contributed by atoms with E-state index in [1.165, 1.54) is 0 Å². The summed E-state index contributed by atoms with van der Waals surface area (Å²) in [4.78, 5) is 0. The highest BCUT2D eigenvalue weighted by Crippen LogP contribution is 2.43. The molecule has 1 aromatic carbocycles. The first-order valence-corrected chi connectivity index (χ1v) is 3.73. The van der Waals surface area contributed by atoms with Crippen LogP contribution in [0.5, 0.6) is 17.2 Å². The fourth-order valence-electron chi connectivity index (χ4n) is 0.982. The lowest BCUT2D eigenvalue weighted by Crippen LogP contribution is -2.20. The Morgan fingerprint density at radius 1 is 1.00 bits per heavy atom. The second kappa shape index (κ2) is 3.50. The van der Waals surface area contributed by atoms with Crippen molar-refractivity contribution in [3.05, 3.63) is 17.7 Å². The van der Waals surface area contributed by atoms with Crippen LogP contribution in [0, 0.1) is 0 Å². The van der Waals surface area contributed by atoms with Gasteiger partial charge in [-0.25, -0.2) is 0 Å². The van der Waals surface area contributed by atoms with Crippen LogP contribution in [-0.4, -0.2) is 26.6 Å². The largest absolute Gasteiger partial charge is 0.504 e. The van der Waals surface area contributed by atoms with Gasteiger partial charge in [-0.3, -0.25) is 0 Å². The number of halogens is 3. The Bertz CT molecular complexity index is 375. The van der Waals surface area contributed by atoms with Crippen LogP contribution in [-0.2, 0) is 0 Å². The van der Waals surface area contributed by atoms with Crippen molar-refractivity contribution in [2.45, 2.75) is 12.3 Å². The first-order valence-electron chi connectivity index (χ1n) is 3.73. The standard InChI is InChI=1S/C8H7F3O4/c9-8(10,11)7(15)3-1-2-4(12)6(14)5(3)13/h1-2,7,12-15H/t7-/m0/s1. The average molecular weight is 224 g/mol. The molecule has 0 aliphatic carbocycles. The second-order valence-electron chi connectivity index (χ2n) is 2.82. The van der Waals surface area contributed by atoms with Gasteiger partial charge in [-0.1, -0.05) is 0 Å². The fourth-order valence-corrected chi connectivity index (χ4v) is 0.982. The monoisotopic (exact) mass is 224 g/mol. The zero-order valence-corrected chi connectivity index (χ0v) is 7.15. The molecule has 0 aromatic heterocycles. The van der Waals surface area contributed by atoms with Gasteiger partial charge in [-0.05, 0) is 12.1 Å². The van der Waals surface area contributed by atoms with Crippen molar-refractivity contribution in [3.8, 4) is 17.2 Å². The number of aliphatic hydroxyl groups excluding tert-OH is 1. The molecular weight excluding hydrogens is 217 g/mol. The van der Waals surface area contributed by atoms with E-state index in [-0.39, 0.29) is 0 Å². The number of rotatable bonds is 1. The number of aromatic hydroxyl groups is 3. The van der Waals surface area contributed by atoms with E-state index in [0.717, 1.165) is 6.07 Å². The summed E-state index contributed by atoms with van der Waals surface area (Å²) in [6.07, 6.45) is -7.87. The van der Waals surface area contributed by atoms with Crippen molar-refractivity contribution >= 4 is 0 Å². The summed E-state index contributed by atoms with van der Waals surface area (Å²) in [5.74, 6) is -3.07. The number of aliphatic hydroxyl groups is 1. The highest BCUT2D eigenvalue weighted by Gasteiger charge is 2.41. The summed E-state index contributed by atoms with van der Waals surface area (Å²) >= 11 is 0. The molecule has 4 N–H and O–H groups in total. The maximum Gasteiger partial charge on any atom is 0.418 e. The normalized spacial score (nSPS) is 13.9. The number of alkyl halides is 3. The summed E-state index contributed by atoms with van der Waals surface area (Å²) in [6.45, 7) is 0. The van der Waals surface area contributed by atoms with Gasteiger partial charge in [-0.15, -0.1) is 0 Å². The number of hydrogen-bond acceptors (Lipinski definition) is 4. The third kappa shape index (κ3) is 2.07. The number of phenolic OH excluding ortho intramolecular Hbond substituents is 3. The molecule has 0 bridgehead atoms. The Balaban J connectivity index is 3.23. The minimum atomic E-state index is -4.96. The maximum atomic E-state index is 12.0. The lowest BCUT2D eigenvalue weighted by molar-refractivity contribution is -0.207. The predicted octanol–water partition coefficient (Wildman–Crippen LogP) is 1.40. The maximum absolute atomic E-state index is 12.0. The minimum Gasteiger partial charge on any atom is -0.504 e. The van der Waals surface area contributed by atoms with Crippen LogP contribution in [0.25, 0.3) is 0 Å². The molecule has 15 heavy (non-hydrogen) atoms. The van der Waals surface area contributed by atoms with Crippen LogP contribution in [0.2, 0.25) is 0 Å². The Hall–Kier alpha value is -1.63. The summed E-state index contributed by atoms with van der Waals surface area (Å²) in [6, 6.07) is 1.40. The third-order valence-electron chi connectivity index (χ3n) is 1.77. The summed E-state index contributed by atoms with van der Waals surface area (Å²) in [5, 5.41) is 35.6. The van der Waals surface area contributed by atoms with Gasteiger partial charge in [0, 0.05) is 5.56 Å². The third-order valence-corrected chi connectivity index (χ3v) is 1.77. The molecule has 0 aliphatic rings. The summed E-state index contributed by atoms with van der Waals surface area (Å²) < 4.78 is 36.1. The van der Waals surface area contributed by atoms with E-state index in [1.807, 2.05) is 0 Å². The lowest BCUT2D eigenvalue weighted by Gasteiger charge is -2.16. The molecule has 0 aliphatic heterocycles. The Labute approximate surface area is 81.8 Å². The van der Waals surface area contributed by atoms with Crippen molar-refractivity contribution in [3.63, 3.8) is 0 Å². The van der Waals surface area contributed by atoms with Crippen LogP contribution in [0.4, 0.5) is 13.2 Å². The van der Waals surface area contributed by atoms with E-state index in [9.17, 15) is 13.2 Å². The molecule has 0 amide bonds. The van der Waals surface area contributed by atoms with Crippen molar-refractivity contribution in [2.24, 2.45) is 0 Å². The van der Waals surface area contributed by atoms with Gasteiger partial charge in [0.25, 0.3) is 0 Å². The van der Waals surface area contributed by atoms with Gasteiger partial charge >= 0.3 is 6.18 Å². The number of hydrogen-bond donors (Lipinski definition) is 4. The molecule has 0 radical (unpaired) electrons. The van der Waals surface area contributed by atoms with E-state index in [4.69, 9.17) is 20.4 Å². The molecule has 84 valence electrons. The van der Waals surface area contributed by atoms with Crippen molar-refractivity contribution in [1.82, 2.24) is 0 Å². The molecule has 1 aromatic rings. The second-order valence-corrected chi connectivity index (χ2v) is 2.82. The SMILES string of the molecule is Oc1ccc([C@H](O)C(F)(F)F)c(O)c1O. The number of benzene rings is 1. The van der Waals surface area contributed by atoms with E-state index < -0.39 is 35.1 Å². The quantitative estimate of drug-likeness (QED) is 0.543. The molecule has 0 spiro atoms. The molecular formula is C8H7F3O4. The van der Waals surface area contributed by atoms with Gasteiger partial charge in [0.2, 0.25) is 5.75 Å². The topological polar surface area (TPSA) is 80.9 Å². The molecule has 7 heteroatoms. The molecule has 1 atom stereocenters. The molecule has 0 fully saturated rings.